The van der Waals surface area contributed by atoms with E-state index in [1.54, 1.807) is 19.2 Å². The molecule has 1 fully saturated rings. The van der Waals surface area contributed by atoms with Gasteiger partial charge in [0.2, 0.25) is 5.56 Å². The van der Waals surface area contributed by atoms with Crippen LogP contribution in [-0.4, -0.2) is 33.3 Å². The van der Waals surface area contributed by atoms with Crippen LogP contribution in [0.2, 0.25) is 0 Å². The quantitative estimate of drug-likeness (QED) is 0.886. The van der Waals surface area contributed by atoms with Gasteiger partial charge in [0.1, 0.15) is 6.10 Å². The summed E-state index contributed by atoms with van der Waals surface area (Å²) < 4.78 is 7.59. The van der Waals surface area contributed by atoms with Crippen LogP contribution in [0.5, 0.6) is 0 Å². The second kappa shape index (κ2) is 6.37. The van der Waals surface area contributed by atoms with Gasteiger partial charge >= 0.3 is 0 Å². The third-order valence-electron chi connectivity index (χ3n) is 3.96. The Kier molecular flexibility index (Phi) is 4.29. The molecule has 0 saturated carbocycles. The van der Waals surface area contributed by atoms with Gasteiger partial charge in [0.05, 0.1) is 12.2 Å². The second-order valence-electron chi connectivity index (χ2n) is 5.71. The zero-order chi connectivity index (χ0) is 16.4. The molecular weight excluding hydrogens is 296 g/mol. The van der Waals surface area contributed by atoms with Gasteiger partial charge in [-0.15, -0.1) is 0 Å². The standard InChI is InChI=1S/C16H20N4O3/c1-3-20-9-12(8-17-20)15-13(4-5-23-15)19-16(22)11-6-10(2)18-14(21)7-11/h6-9,13,15H,3-5H2,1-2H3,(H,18,21)(H,19,22)/t13-,15+/m0/s1. The highest BCUT2D eigenvalue weighted by molar-refractivity contribution is 5.94. The molecule has 2 aromatic heterocycles. The van der Waals surface area contributed by atoms with Crippen molar-refractivity contribution in [3.63, 3.8) is 0 Å². The Balaban J connectivity index is 1.75. The minimum absolute atomic E-state index is 0.128. The predicted molar refractivity (Wildman–Crippen MR) is 84.3 cm³/mol. The van der Waals surface area contributed by atoms with E-state index in [4.69, 9.17) is 4.74 Å². The Bertz CT molecular complexity index is 765. The maximum absolute atomic E-state index is 12.4. The van der Waals surface area contributed by atoms with Crippen molar-refractivity contribution >= 4 is 5.91 Å². The molecule has 1 aliphatic heterocycles. The van der Waals surface area contributed by atoms with E-state index >= 15 is 0 Å². The summed E-state index contributed by atoms with van der Waals surface area (Å²) in [6, 6.07) is 2.84. The minimum atomic E-state index is -0.279. The molecule has 3 rings (SSSR count). The summed E-state index contributed by atoms with van der Waals surface area (Å²) in [6.45, 7) is 5.14. The van der Waals surface area contributed by atoms with Gasteiger partial charge in [-0.05, 0) is 26.3 Å². The first-order valence-corrected chi connectivity index (χ1v) is 7.72. The smallest absolute Gasteiger partial charge is 0.251 e. The number of aryl methyl sites for hydroxylation is 2. The fraction of sp³-hybridized carbons (Fsp3) is 0.438. The van der Waals surface area contributed by atoms with Crippen LogP contribution in [0, 0.1) is 6.92 Å². The molecule has 0 bridgehead atoms. The number of carbonyl (C=O) groups excluding carboxylic acids is 1. The summed E-state index contributed by atoms with van der Waals surface area (Å²) in [5.41, 5.74) is 1.70. The van der Waals surface area contributed by atoms with Gasteiger partial charge in [0.15, 0.2) is 0 Å². The Morgan fingerprint density at radius 1 is 1.52 bits per heavy atom. The topological polar surface area (TPSA) is 89.0 Å². The molecule has 7 nitrogen and oxygen atoms in total. The van der Waals surface area contributed by atoms with Gasteiger partial charge in [-0.2, -0.15) is 5.10 Å². The van der Waals surface area contributed by atoms with Gasteiger partial charge in [-0.3, -0.25) is 14.3 Å². The van der Waals surface area contributed by atoms with Crippen LogP contribution in [0.3, 0.4) is 0 Å². The molecule has 0 radical (unpaired) electrons. The first-order valence-electron chi connectivity index (χ1n) is 7.72. The number of pyridine rings is 1. The van der Waals surface area contributed by atoms with E-state index in [2.05, 4.69) is 15.4 Å². The molecule has 1 aliphatic rings. The molecule has 3 heterocycles. The van der Waals surface area contributed by atoms with E-state index in [0.29, 0.717) is 17.9 Å². The summed E-state index contributed by atoms with van der Waals surface area (Å²) in [5, 5.41) is 7.22. The fourth-order valence-corrected chi connectivity index (χ4v) is 2.83. The lowest BCUT2D eigenvalue weighted by Crippen LogP contribution is -2.37. The Labute approximate surface area is 133 Å². The minimum Gasteiger partial charge on any atom is -0.371 e. The van der Waals surface area contributed by atoms with Gasteiger partial charge in [-0.25, -0.2) is 0 Å². The van der Waals surface area contributed by atoms with Crippen LogP contribution in [0.1, 0.15) is 41.1 Å². The fourth-order valence-electron chi connectivity index (χ4n) is 2.83. The average Bonchev–Trinajstić information content (AvgIpc) is 3.14. The lowest BCUT2D eigenvalue weighted by atomic mass is 10.0. The van der Waals surface area contributed by atoms with Crippen molar-refractivity contribution in [1.82, 2.24) is 20.1 Å². The number of carbonyl (C=O) groups is 1. The molecule has 0 spiro atoms. The Morgan fingerprint density at radius 3 is 3.04 bits per heavy atom. The van der Waals surface area contributed by atoms with Crippen molar-refractivity contribution in [3.8, 4) is 0 Å². The molecule has 2 N–H and O–H groups in total. The van der Waals surface area contributed by atoms with Gasteiger partial charge in [0, 0.05) is 42.2 Å². The summed E-state index contributed by atoms with van der Waals surface area (Å²) in [6.07, 6.45) is 4.24. The number of nitrogens with zero attached hydrogens (tertiary/aromatic N) is 2. The maximum atomic E-state index is 12.4. The van der Waals surface area contributed by atoms with Crippen LogP contribution < -0.4 is 10.9 Å². The van der Waals surface area contributed by atoms with Crippen LogP contribution >= 0.6 is 0 Å². The van der Waals surface area contributed by atoms with Crippen LogP contribution in [-0.2, 0) is 11.3 Å². The Hall–Kier alpha value is -2.41. The number of H-pyrrole nitrogens is 1. The second-order valence-corrected chi connectivity index (χ2v) is 5.71. The molecule has 0 aromatic carbocycles. The number of rotatable bonds is 4. The van der Waals surface area contributed by atoms with E-state index < -0.39 is 0 Å². The maximum Gasteiger partial charge on any atom is 0.251 e. The summed E-state index contributed by atoms with van der Waals surface area (Å²) in [7, 11) is 0. The number of aromatic nitrogens is 3. The zero-order valence-corrected chi connectivity index (χ0v) is 13.2. The molecule has 0 unspecified atom stereocenters. The Morgan fingerprint density at radius 2 is 2.35 bits per heavy atom. The van der Waals surface area contributed by atoms with E-state index in [0.717, 1.165) is 18.5 Å². The van der Waals surface area contributed by atoms with Crippen LogP contribution in [0.4, 0.5) is 0 Å². The van der Waals surface area contributed by atoms with E-state index in [9.17, 15) is 9.59 Å². The van der Waals surface area contributed by atoms with Crippen molar-refractivity contribution in [3.05, 3.63) is 51.7 Å². The summed E-state index contributed by atoms with van der Waals surface area (Å²) in [4.78, 5) is 26.5. The number of aromatic amines is 1. The normalized spacial score (nSPS) is 20.6. The number of hydrogen-bond acceptors (Lipinski definition) is 4. The van der Waals surface area contributed by atoms with Crippen molar-refractivity contribution in [2.24, 2.45) is 0 Å². The molecule has 23 heavy (non-hydrogen) atoms. The molecule has 0 aliphatic carbocycles. The lowest BCUT2D eigenvalue weighted by Gasteiger charge is -2.18. The van der Waals surface area contributed by atoms with Gasteiger partial charge in [0.25, 0.3) is 5.91 Å². The number of hydrogen-bond donors (Lipinski definition) is 2. The van der Waals surface area contributed by atoms with E-state index in [1.165, 1.54) is 6.07 Å². The highest BCUT2D eigenvalue weighted by Crippen LogP contribution is 2.29. The predicted octanol–water partition coefficient (Wildman–Crippen LogP) is 1.16. The van der Waals surface area contributed by atoms with Crippen molar-refractivity contribution in [2.75, 3.05) is 6.61 Å². The third kappa shape index (κ3) is 3.34. The molecule has 2 aromatic rings. The molecule has 2 atom stereocenters. The first-order chi connectivity index (χ1) is 11.1. The summed E-state index contributed by atoms with van der Waals surface area (Å²) >= 11 is 0. The SMILES string of the molecule is CCn1cc([C@H]2OCC[C@@H]2NC(=O)c2cc(C)[nH]c(=O)c2)cn1. The van der Waals surface area contributed by atoms with Crippen molar-refractivity contribution in [1.29, 1.82) is 0 Å². The molecule has 1 saturated heterocycles. The van der Waals surface area contributed by atoms with Crippen LogP contribution in [0.25, 0.3) is 0 Å². The number of amides is 1. The van der Waals surface area contributed by atoms with E-state index in [-0.39, 0.29) is 23.6 Å². The molecule has 1 amide bonds. The van der Waals surface area contributed by atoms with Crippen molar-refractivity contribution < 1.29 is 9.53 Å². The van der Waals surface area contributed by atoms with Crippen molar-refractivity contribution in [2.45, 2.75) is 39.0 Å². The molecule has 122 valence electrons. The lowest BCUT2D eigenvalue weighted by molar-refractivity contribution is 0.0821. The largest absolute Gasteiger partial charge is 0.371 e. The number of nitrogens with one attached hydrogen (secondary N) is 2. The molecular formula is C16H20N4O3. The highest BCUT2D eigenvalue weighted by atomic mass is 16.5. The summed E-state index contributed by atoms with van der Waals surface area (Å²) in [5.74, 6) is -0.261. The van der Waals surface area contributed by atoms with Gasteiger partial charge in [-0.1, -0.05) is 0 Å². The first kappa shape index (κ1) is 15.5. The monoisotopic (exact) mass is 316 g/mol. The van der Waals surface area contributed by atoms with Crippen LogP contribution in [0.15, 0.2) is 29.3 Å². The average molecular weight is 316 g/mol. The third-order valence-corrected chi connectivity index (χ3v) is 3.96. The van der Waals surface area contributed by atoms with Gasteiger partial charge < -0.3 is 15.0 Å². The zero-order valence-electron chi connectivity index (χ0n) is 13.2. The molecule has 7 heteroatoms. The van der Waals surface area contributed by atoms with E-state index in [1.807, 2.05) is 17.8 Å². The highest BCUT2D eigenvalue weighted by Gasteiger charge is 2.32. The number of ether oxygens (including phenoxy) is 1.